The van der Waals surface area contributed by atoms with Crippen LogP contribution in [0.4, 0.5) is 4.79 Å². The van der Waals surface area contributed by atoms with Gasteiger partial charge in [0, 0.05) is 12.1 Å². The second-order valence-corrected chi connectivity index (χ2v) is 3.82. The Morgan fingerprint density at radius 3 is 3.14 bits per heavy atom. The van der Waals surface area contributed by atoms with Crippen LogP contribution < -0.4 is 11.2 Å². The van der Waals surface area contributed by atoms with Gasteiger partial charge in [0.15, 0.2) is 0 Å². The van der Waals surface area contributed by atoms with Crippen LogP contribution in [0, 0.1) is 0 Å². The Kier molecular flexibility index (Phi) is 2.67. The van der Waals surface area contributed by atoms with E-state index in [9.17, 15) is 4.79 Å². The highest BCUT2D eigenvalue weighted by atomic mass is 16.6. The van der Waals surface area contributed by atoms with E-state index < -0.39 is 6.03 Å². The highest BCUT2D eigenvalue weighted by Crippen LogP contribution is 2.33. The summed E-state index contributed by atoms with van der Waals surface area (Å²) in [7, 11) is 0. The monoisotopic (exact) mass is 197 g/mol. The summed E-state index contributed by atoms with van der Waals surface area (Å²) in [5, 5.41) is 3.97. The molecule has 2 fully saturated rings. The maximum Gasteiger partial charge on any atom is 0.332 e. The Bertz CT molecular complexity index is 265. The van der Waals surface area contributed by atoms with Crippen LogP contribution in [0.15, 0.2) is 5.10 Å². The minimum atomic E-state index is -0.604. The molecule has 1 heterocycles. The van der Waals surface area contributed by atoms with Crippen molar-refractivity contribution in [2.75, 3.05) is 0 Å². The van der Waals surface area contributed by atoms with Crippen LogP contribution in [0.25, 0.3) is 0 Å². The van der Waals surface area contributed by atoms with Gasteiger partial charge in [0.2, 0.25) is 0 Å². The molecule has 3 N–H and O–H groups in total. The van der Waals surface area contributed by atoms with E-state index in [2.05, 4.69) is 10.5 Å². The number of hydrogen-bond acceptors (Lipinski definition) is 3. The predicted molar refractivity (Wildman–Crippen MR) is 51.9 cm³/mol. The topological polar surface area (TPSA) is 80.0 Å². The number of carbonyl (C=O) groups is 1. The smallest absolute Gasteiger partial charge is 0.332 e. The number of ether oxygens (including phenoxy) is 1. The molecule has 0 bridgehead atoms. The molecule has 1 saturated heterocycles. The van der Waals surface area contributed by atoms with Crippen molar-refractivity contribution in [2.45, 2.75) is 44.3 Å². The summed E-state index contributed by atoms with van der Waals surface area (Å²) in [6, 6.07) is -0.604. The average Bonchev–Trinajstić information content (AvgIpc) is 2.80. The zero-order valence-corrected chi connectivity index (χ0v) is 8.03. The third-order valence-electron chi connectivity index (χ3n) is 2.65. The van der Waals surface area contributed by atoms with E-state index in [4.69, 9.17) is 10.5 Å². The standard InChI is InChI=1S/C9H15N3O2/c10-9(13)12-11-6-3-1-2-4-7-8(5-6)14-7/h7-8H,1-5H2,(H3,10,12,13)/b11-6-/t7-,8+/m1/s1. The minimum absolute atomic E-state index is 0.337. The third-order valence-corrected chi connectivity index (χ3v) is 2.65. The van der Waals surface area contributed by atoms with Crippen molar-refractivity contribution in [1.82, 2.24) is 5.43 Å². The number of nitrogens with two attached hydrogens (primary N) is 1. The summed E-state index contributed by atoms with van der Waals surface area (Å²) >= 11 is 0. The minimum Gasteiger partial charge on any atom is -0.369 e. The molecule has 2 atom stereocenters. The van der Waals surface area contributed by atoms with Crippen molar-refractivity contribution in [3.05, 3.63) is 0 Å². The molecular weight excluding hydrogens is 182 g/mol. The van der Waals surface area contributed by atoms with Gasteiger partial charge in [-0.3, -0.25) is 0 Å². The first-order valence-corrected chi connectivity index (χ1v) is 5.02. The predicted octanol–water partition coefficient (Wildman–Crippen LogP) is 0.742. The molecule has 0 unspecified atom stereocenters. The third kappa shape index (κ3) is 2.45. The number of epoxide rings is 1. The Hall–Kier alpha value is -1.10. The fourth-order valence-electron chi connectivity index (χ4n) is 1.86. The quantitative estimate of drug-likeness (QED) is 0.480. The molecule has 2 amide bonds. The van der Waals surface area contributed by atoms with Gasteiger partial charge in [-0.15, -0.1) is 0 Å². The SMILES string of the molecule is NC(=O)N/N=C1/CCCC[C@H]2O[C@H]2C1. The molecule has 0 aromatic rings. The van der Waals surface area contributed by atoms with Crippen molar-refractivity contribution in [1.29, 1.82) is 0 Å². The van der Waals surface area contributed by atoms with Gasteiger partial charge in [-0.1, -0.05) is 6.42 Å². The normalized spacial score (nSPS) is 34.1. The van der Waals surface area contributed by atoms with Gasteiger partial charge in [-0.2, -0.15) is 5.10 Å². The molecule has 0 aromatic carbocycles. The molecule has 1 aliphatic heterocycles. The average molecular weight is 197 g/mol. The number of primary amides is 1. The molecule has 1 aliphatic carbocycles. The van der Waals surface area contributed by atoms with Crippen molar-refractivity contribution in [2.24, 2.45) is 10.8 Å². The van der Waals surface area contributed by atoms with Crippen LogP contribution in [0.2, 0.25) is 0 Å². The Morgan fingerprint density at radius 1 is 1.50 bits per heavy atom. The molecule has 2 rings (SSSR count). The second kappa shape index (κ2) is 3.96. The van der Waals surface area contributed by atoms with E-state index in [0.717, 1.165) is 25.0 Å². The number of hydrogen-bond donors (Lipinski definition) is 2. The van der Waals surface area contributed by atoms with Crippen molar-refractivity contribution >= 4 is 11.7 Å². The number of hydrazone groups is 1. The Morgan fingerprint density at radius 2 is 2.36 bits per heavy atom. The van der Waals surface area contributed by atoms with Crippen LogP contribution in [0.5, 0.6) is 0 Å². The van der Waals surface area contributed by atoms with Crippen LogP contribution in [0.3, 0.4) is 0 Å². The first kappa shape index (κ1) is 9.45. The Balaban J connectivity index is 1.89. The highest BCUT2D eigenvalue weighted by Gasteiger charge is 2.39. The molecule has 1 saturated carbocycles. The van der Waals surface area contributed by atoms with Gasteiger partial charge in [-0.05, 0) is 19.3 Å². The summed E-state index contributed by atoms with van der Waals surface area (Å²) in [4.78, 5) is 10.5. The molecule has 78 valence electrons. The van der Waals surface area contributed by atoms with Crippen LogP contribution in [-0.2, 0) is 4.74 Å². The lowest BCUT2D eigenvalue weighted by Gasteiger charge is -2.07. The fourth-order valence-corrected chi connectivity index (χ4v) is 1.86. The first-order chi connectivity index (χ1) is 6.75. The van der Waals surface area contributed by atoms with E-state index in [-0.39, 0.29) is 0 Å². The summed E-state index contributed by atoms with van der Waals surface area (Å²) in [6.45, 7) is 0. The zero-order chi connectivity index (χ0) is 9.97. The lowest BCUT2D eigenvalue weighted by atomic mass is 9.99. The van der Waals surface area contributed by atoms with Gasteiger partial charge >= 0.3 is 6.03 Å². The molecule has 5 heteroatoms. The zero-order valence-electron chi connectivity index (χ0n) is 8.03. The summed E-state index contributed by atoms with van der Waals surface area (Å²) < 4.78 is 5.45. The van der Waals surface area contributed by atoms with E-state index >= 15 is 0 Å². The van der Waals surface area contributed by atoms with Crippen molar-refractivity contribution in [3.63, 3.8) is 0 Å². The lowest BCUT2D eigenvalue weighted by Crippen LogP contribution is -2.26. The Labute approximate surface area is 82.7 Å². The van der Waals surface area contributed by atoms with Crippen LogP contribution in [-0.4, -0.2) is 24.0 Å². The van der Waals surface area contributed by atoms with E-state index in [1.807, 2.05) is 0 Å². The van der Waals surface area contributed by atoms with Crippen LogP contribution in [0.1, 0.15) is 32.1 Å². The molecule has 5 nitrogen and oxygen atoms in total. The van der Waals surface area contributed by atoms with E-state index in [1.54, 1.807) is 0 Å². The number of rotatable bonds is 1. The fraction of sp³-hybridized carbons (Fsp3) is 0.778. The maximum atomic E-state index is 10.5. The molecule has 0 radical (unpaired) electrons. The maximum absolute atomic E-state index is 10.5. The molecule has 14 heavy (non-hydrogen) atoms. The van der Waals surface area contributed by atoms with E-state index in [0.29, 0.717) is 12.2 Å². The summed E-state index contributed by atoms with van der Waals surface area (Å²) in [5.41, 5.74) is 8.21. The number of urea groups is 1. The number of amides is 2. The van der Waals surface area contributed by atoms with Crippen molar-refractivity contribution in [3.8, 4) is 0 Å². The van der Waals surface area contributed by atoms with Gasteiger partial charge in [0.1, 0.15) is 0 Å². The number of nitrogens with one attached hydrogen (secondary N) is 1. The second-order valence-electron chi connectivity index (χ2n) is 3.82. The number of fused-ring (bicyclic) bond motifs is 1. The van der Waals surface area contributed by atoms with Gasteiger partial charge in [-0.25, -0.2) is 10.2 Å². The molecule has 2 aliphatic rings. The van der Waals surface area contributed by atoms with E-state index in [1.165, 1.54) is 12.8 Å². The van der Waals surface area contributed by atoms with Gasteiger partial charge in [0.05, 0.1) is 12.2 Å². The number of carbonyl (C=O) groups excluding carboxylic acids is 1. The van der Waals surface area contributed by atoms with Crippen LogP contribution >= 0.6 is 0 Å². The number of nitrogens with zero attached hydrogens (tertiary/aromatic N) is 1. The largest absolute Gasteiger partial charge is 0.369 e. The molecular formula is C9H15N3O2. The highest BCUT2D eigenvalue weighted by molar-refractivity contribution is 5.86. The lowest BCUT2D eigenvalue weighted by molar-refractivity contribution is 0.249. The van der Waals surface area contributed by atoms with Gasteiger partial charge in [0.25, 0.3) is 0 Å². The first-order valence-electron chi connectivity index (χ1n) is 5.02. The van der Waals surface area contributed by atoms with Crippen molar-refractivity contribution < 1.29 is 9.53 Å². The summed E-state index contributed by atoms with van der Waals surface area (Å²) in [5.74, 6) is 0. The molecule has 0 spiro atoms. The summed E-state index contributed by atoms with van der Waals surface area (Å²) in [6.07, 6.45) is 6.01. The molecule has 0 aromatic heterocycles. The van der Waals surface area contributed by atoms with Gasteiger partial charge < -0.3 is 10.5 Å².